The van der Waals surface area contributed by atoms with Crippen LogP contribution in [-0.4, -0.2) is 45.0 Å². The van der Waals surface area contributed by atoms with Crippen molar-refractivity contribution in [3.63, 3.8) is 0 Å². The number of rotatable bonds is 7. The summed E-state index contributed by atoms with van der Waals surface area (Å²) in [5.74, 6) is 1.81. The summed E-state index contributed by atoms with van der Waals surface area (Å²) in [5, 5.41) is 4.55. The molecule has 27 heavy (non-hydrogen) atoms. The number of methoxy groups -OCH3 is 1. The fraction of sp³-hybridized carbons (Fsp3) is 0.409. The first kappa shape index (κ1) is 17.9. The Kier molecular flexibility index (Phi) is 4.79. The van der Waals surface area contributed by atoms with Gasteiger partial charge in [0.25, 0.3) is 0 Å². The minimum absolute atomic E-state index is 0.217. The molecule has 0 amide bonds. The molecule has 2 aliphatic rings. The average molecular weight is 366 g/mol. The van der Waals surface area contributed by atoms with Crippen LogP contribution in [0.2, 0.25) is 0 Å². The van der Waals surface area contributed by atoms with Crippen molar-refractivity contribution in [3.05, 3.63) is 59.7 Å². The molecule has 0 saturated heterocycles. The molecule has 1 aliphatic carbocycles. The molecule has 2 aromatic carbocycles. The monoisotopic (exact) mass is 366 g/mol. The summed E-state index contributed by atoms with van der Waals surface area (Å²) in [7, 11) is 5.79. The predicted molar refractivity (Wildman–Crippen MR) is 106 cm³/mol. The third-order valence-corrected chi connectivity index (χ3v) is 5.26. The molecule has 4 rings (SSSR count). The van der Waals surface area contributed by atoms with Crippen LogP contribution in [0.5, 0.6) is 11.5 Å². The lowest BCUT2D eigenvalue weighted by Crippen LogP contribution is -2.28. The molecule has 1 fully saturated rings. The Morgan fingerprint density at radius 2 is 2.00 bits per heavy atom. The highest BCUT2D eigenvalue weighted by Crippen LogP contribution is 2.60. The third-order valence-electron chi connectivity index (χ3n) is 5.26. The Morgan fingerprint density at radius 1 is 1.19 bits per heavy atom. The lowest BCUT2D eigenvalue weighted by Gasteiger charge is -2.27. The van der Waals surface area contributed by atoms with Crippen LogP contribution in [0.15, 0.2) is 53.7 Å². The van der Waals surface area contributed by atoms with Crippen molar-refractivity contribution in [2.75, 3.05) is 34.4 Å². The predicted octanol–water partition coefficient (Wildman–Crippen LogP) is 3.68. The van der Waals surface area contributed by atoms with Gasteiger partial charge in [0, 0.05) is 24.6 Å². The summed E-state index contributed by atoms with van der Waals surface area (Å²) in [5.41, 5.74) is 2.82. The SMILES string of the molecule is COc1ccc2c(c1)OC1(c3ccccc3)CC1C2=NOCCCN(C)C. The van der Waals surface area contributed by atoms with E-state index in [0.717, 1.165) is 42.2 Å². The summed E-state index contributed by atoms with van der Waals surface area (Å²) in [6.07, 6.45) is 1.86. The maximum Gasteiger partial charge on any atom is 0.143 e. The molecule has 0 bridgehead atoms. The van der Waals surface area contributed by atoms with E-state index in [1.165, 1.54) is 5.56 Å². The van der Waals surface area contributed by atoms with Gasteiger partial charge in [-0.05, 0) is 38.2 Å². The van der Waals surface area contributed by atoms with Gasteiger partial charge >= 0.3 is 0 Å². The van der Waals surface area contributed by atoms with E-state index in [1.54, 1.807) is 7.11 Å². The molecule has 0 aromatic heterocycles. The normalized spacial score (nSPS) is 24.1. The molecule has 5 heteroatoms. The van der Waals surface area contributed by atoms with Crippen molar-refractivity contribution >= 4 is 5.71 Å². The molecule has 1 heterocycles. The van der Waals surface area contributed by atoms with Gasteiger partial charge in [-0.2, -0.15) is 0 Å². The number of fused-ring (bicyclic) bond motifs is 2. The van der Waals surface area contributed by atoms with Gasteiger partial charge in [0.15, 0.2) is 0 Å². The largest absolute Gasteiger partial charge is 0.497 e. The molecule has 1 saturated carbocycles. The Bertz CT molecular complexity index is 835. The van der Waals surface area contributed by atoms with Crippen LogP contribution in [0.1, 0.15) is 24.0 Å². The number of nitrogens with zero attached hydrogens (tertiary/aromatic N) is 2. The van der Waals surface area contributed by atoms with Crippen molar-refractivity contribution in [3.8, 4) is 11.5 Å². The fourth-order valence-electron chi connectivity index (χ4n) is 3.76. The van der Waals surface area contributed by atoms with Crippen molar-refractivity contribution in [1.82, 2.24) is 4.90 Å². The van der Waals surface area contributed by atoms with Crippen molar-refractivity contribution < 1.29 is 14.3 Å². The maximum absolute atomic E-state index is 6.49. The van der Waals surface area contributed by atoms with Crippen molar-refractivity contribution in [2.24, 2.45) is 11.1 Å². The van der Waals surface area contributed by atoms with E-state index in [0.29, 0.717) is 6.61 Å². The number of hydrogen-bond donors (Lipinski definition) is 0. The van der Waals surface area contributed by atoms with Gasteiger partial charge in [0.2, 0.25) is 0 Å². The summed E-state index contributed by atoms with van der Waals surface area (Å²) < 4.78 is 11.9. The van der Waals surface area contributed by atoms with E-state index in [2.05, 4.69) is 48.4 Å². The van der Waals surface area contributed by atoms with Crippen molar-refractivity contribution in [1.29, 1.82) is 0 Å². The second kappa shape index (κ2) is 7.24. The molecule has 5 nitrogen and oxygen atoms in total. The van der Waals surface area contributed by atoms with Crippen LogP contribution >= 0.6 is 0 Å². The van der Waals surface area contributed by atoms with Gasteiger partial charge in [0.1, 0.15) is 23.7 Å². The molecule has 2 aromatic rings. The van der Waals surface area contributed by atoms with Gasteiger partial charge in [-0.25, -0.2) is 0 Å². The number of benzene rings is 2. The molecule has 0 N–H and O–H groups in total. The lowest BCUT2D eigenvalue weighted by molar-refractivity contribution is 0.129. The van der Waals surface area contributed by atoms with Crippen LogP contribution in [0.4, 0.5) is 0 Å². The topological polar surface area (TPSA) is 43.3 Å². The van der Waals surface area contributed by atoms with Crippen molar-refractivity contribution in [2.45, 2.75) is 18.4 Å². The van der Waals surface area contributed by atoms with Crippen LogP contribution in [0, 0.1) is 5.92 Å². The Morgan fingerprint density at radius 3 is 2.74 bits per heavy atom. The van der Waals surface area contributed by atoms with Gasteiger partial charge in [-0.15, -0.1) is 0 Å². The van der Waals surface area contributed by atoms with E-state index in [1.807, 2.05) is 24.3 Å². The highest BCUT2D eigenvalue weighted by Gasteiger charge is 2.64. The van der Waals surface area contributed by atoms with Gasteiger partial charge in [-0.1, -0.05) is 35.5 Å². The van der Waals surface area contributed by atoms with Gasteiger partial charge in [0.05, 0.1) is 18.7 Å². The Balaban J connectivity index is 1.62. The van der Waals surface area contributed by atoms with E-state index >= 15 is 0 Å². The number of ether oxygens (including phenoxy) is 2. The average Bonchev–Trinajstić information content (AvgIpc) is 3.42. The van der Waals surface area contributed by atoms with E-state index in [-0.39, 0.29) is 11.5 Å². The van der Waals surface area contributed by atoms with Gasteiger partial charge < -0.3 is 19.2 Å². The number of hydrogen-bond acceptors (Lipinski definition) is 5. The zero-order valence-corrected chi connectivity index (χ0v) is 16.1. The highest BCUT2D eigenvalue weighted by atomic mass is 16.6. The fourth-order valence-corrected chi connectivity index (χ4v) is 3.76. The smallest absolute Gasteiger partial charge is 0.143 e. The third kappa shape index (κ3) is 3.39. The van der Waals surface area contributed by atoms with Crippen LogP contribution < -0.4 is 9.47 Å². The first-order chi connectivity index (χ1) is 13.1. The first-order valence-electron chi connectivity index (χ1n) is 9.41. The molecule has 0 radical (unpaired) electrons. The maximum atomic E-state index is 6.49. The highest BCUT2D eigenvalue weighted by molar-refractivity contribution is 6.08. The zero-order valence-electron chi connectivity index (χ0n) is 16.1. The summed E-state index contributed by atoms with van der Waals surface area (Å²) in [6, 6.07) is 16.3. The molecular formula is C22H26N2O3. The van der Waals surface area contributed by atoms with E-state index in [9.17, 15) is 0 Å². The minimum atomic E-state index is -0.341. The second-order valence-corrected chi connectivity index (χ2v) is 7.44. The first-order valence-corrected chi connectivity index (χ1v) is 9.41. The Labute approximate surface area is 160 Å². The number of oxime groups is 1. The Hall–Kier alpha value is -2.53. The van der Waals surface area contributed by atoms with Crippen LogP contribution in [0.25, 0.3) is 0 Å². The van der Waals surface area contributed by atoms with Crippen LogP contribution in [0.3, 0.4) is 0 Å². The van der Waals surface area contributed by atoms with Crippen LogP contribution in [-0.2, 0) is 10.4 Å². The molecular weight excluding hydrogens is 340 g/mol. The molecule has 2 atom stereocenters. The summed E-state index contributed by atoms with van der Waals surface area (Å²) >= 11 is 0. The second-order valence-electron chi connectivity index (χ2n) is 7.44. The van der Waals surface area contributed by atoms with E-state index in [4.69, 9.17) is 14.3 Å². The van der Waals surface area contributed by atoms with Gasteiger partial charge in [-0.3, -0.25) is 0 Å². The lowest BCUT2D eigenvalue weighted by atomic mass is 9.95. The zero-order chi connectivity index (χ0) is 18.9. The molecule has 1 aliphatic heterocycles. The summed E-state index contributed by atoms with van der Waals surface area (Å²) in [4.78, 5) is 7.84. The quantitative estimate of drug-likeness (QED) is 0.554. The molecule has 142 valence electrons. The minimum Gasteiger partial charge on any atom is -0.497 e. The summed E-state index contributed by atoms with van der Waals surface area (Å²) in [6.45, 7) is 1.60. The molecule has 2 unspecified atom stereocenters. The van der Waals surface area contributed by atoms with E-state index < -0.39 is 0 Å². The molecule has 0 spiro atoms. The standard InChI is InChI=1S/C22H26N2O3/c1-24(2)12-7-13-26-23-21-18-11-10-17(25-3)14-20(18)27-22(15-19(21)22)16-8-5-4-6-9-16/h4-6,8-11,14,19H,7,12-13,15H2,1-3H3.